The topological polar surface area (TPSA) is 82.1 Å². The molecular weight excluding hydrogens is 631 g/mol. The number of amides is 1. The number of likely N-dealkylation sites (tertiary alicyclic amines) is 1. The lowest BCUT2D eigenvalue weighted by molar-refractivity contribution is -0.192. The van der Waals surface area contributed by atoms with Crippen LogP contribution in [-0.2, 0) is 40.4 Å². The number of piperidine rings is 1. The van der Waals surface area contributed by atoms with E-state index >= 15 is 0 Å². The number of carboxylic acids is 1. The Kier molecular flexibility index (Phi) is 14.4. The molecule has 2 N–H and O–H groups in total. The van der Waals surface area contributed by atoms with Gasteiger partial charge in [-0.05, 0) is 65.3 Å². The Morgan fingerprint density at radius 2 is 1.41 bits per heavy atom. The Bertz CT molecular complexity index is 1580. The predicted octanol–water partition coefficient (Wildman–Crippen LogP) is 6.96. The minimum Gasteiger partial charge on any atom is -0.475 e. The number of aliphatic carboxylic acids is 1. The van der Waals surface area contributed by atoms with Crippen molar-refractivity contribution in [3.63, 3.8) is 0 Å². The van der Waals surface area contributed by atoms with Crippen molar-refractivity contribution in [1.29, 1.82) is 0 Å². The third kappa shape index (κ3) is 12.5. The Hall–Kier alpha value is -4.51. The van der Waals surface area contributed by atoms with Gasteiger partial charge in [-0.2, -0.15) is 13.2 Å². The van der Waals surface area contributed by atoms with E-state index in [1.807, 2.05) is 4.90 Å². The van der Waals surface area contributed by atoms with Crippen molar-refractivity contribution >= 4 is 11.9 Å². The summed E-state index contributed by atoms with van der Waals surface area (Å²) in [6.45, 7) is 5.47. The standard InChI is InChI=1S/C37H43N3O2.C2HF3O2/c1-42-29-37(41)40(36-20-23-39(24-21-36)27-32-11-6-3-7-12-32)28-33-13-8-14-35(25-33)34-17-15-31(16-18-34)26-38-22-19-30-9-4-2-5-10-30;3-2(4,5)1(6)7/h2-18,25,36,38H,19-24,26-29H2,1H3;(H,6,7). The molecule has 260 valence electrons. The van der Waals surface area contributed by atoms with Crippen LogP contribution in [0.2, 0.25) is 0 Å². The van der Waals surface area contributed by atoms with E-state index in [4.69, 9.17) is 14.6 Å². The second-order valence-corrected chi connectivity index (χ2v) is 12.1. The van der Waals surface area contributed by atoms with Crippen LogP contribution in [0.5, 0.6) is 0 Å². The number of nitrogens with one attached hydrogen (secondary N) is 1. The van der Waals surface area contributed by atoms with Crippen LogP contribution in [0, 0.1) is 0 Å². The van der Waals surface area contributed by atoms with Crippen LogP contribution in [0.4, 0.5) is 13.2 Å². The summed E-state index contributed by atoms with van der Waals surface area (Å²) in [5, 5.41) is 10.7. The van der Waals surface area contributed by atoms with Crippen molar-refractivity contribution in [2.45, 2.75) is 51.1 Å². The van der Waals surface area contributed by atoms with Crippen LogP contribution < -0.4 is 5.32 Å². The Balaban J connectivity index is 0.000000698. The predicted molar refractivity (Wildman–Crippen MR) is 185 cm³/mol. The van der Waals surface area contributed by atoms with Gasteiger partial charge in [0.15, 0.2) is 0 Å². The number of carbonyl (C=O) groups excluding carboxylic acids is 1. The monoisotopic (exact) mass is 675 g/mol. The fraction of sp³-hybridized carbons (Fsp3) is 0.333. The van der Waals surface area contributed by atoms with E-state index in [1.54, 1.807) is 7.11 Å². The van der Waals surface area contributed by atoms with Gasteiger partial charge in [0.05, 0.1) is 0 Å². The lowest BCUT2D eigenvalue weighted by Crippen LogP contribution is -2.47. The summed E-state index contributed by atoms with van der Waals surface area (Å²) in [6, 6.07) is 38.9. The molecule has 4 aromatic rings. The number of methoxy groups -OCH3 is 1. The minimum absolute atomic E-state index is 0.0635. The molecule has 1 heterocycles. The summed E-state index contributed by atoms with van der Waals surface area (Å²) >= 11 is 0. The fourth-order valence-electron chi connectivity index (χ4n) is 5.83. The van der Waals surface area contributed by atoms with Crippen LogP contribution in [0.15, 0.2) is 109 Å². The first-order valence-electron chi connectivity index (χ1n) is 16.4. The summed E-state index contributed by atoms with van der Waals surface area (Å²) in [5.41, 5.74) is 7.48. The van der Waals surface area contributed by atoms with E-state index in [0.29, 0.717) is 6.54 Å². The lowest BCUT2D eigenvalue weighted by atomic mass is 9.99. The molecule has 1 fully saturated rings. The number of ether oxygens (including phenoxy) is 1. The summed E-state index contributed by atoms with van der Waals surface area (Å²) < 4.78 is 37.0. The molecule has 0 spiro atoms. The number of hydrogen-bond donors (Lipinski definition) is 2. The summed E-state index contributed by atoms with van der Waals surface area (Å²) in [7, 11) is 1.60. The number of nitrogens with zero attached hydrogens (tertiary/aromatic N) is 2. The molecule has 0 aliphatic carbocycles. The van der Waals surface area contributed by atoms with Gasteiger partial charge < -0.3 is 20.1 Å². The molecular formula is C39H44F3N3O4. The molecule has 0 aromatic heterocycles. The average Bonchev–Trinajstić information content (AvgIpc) is 3.11. The third-order valence-corrected chi connectivity index (χ3v) is 8.41. The molecule has 1 saturated heterocycles. The van der Waals surface area contributed by atoms with Crippen molar-refractivity contribution < 1.29 is 32.6 Å². The van der Waals surface area contributed by atoms with Crippen molar-refractivity contribution in [1.82, 2.24) is 15.1 Å². The average molecular weight is 676 g/mol. The molecule has 0 radical (unpaired) electrons. The highest BCUT2D eigenvalue weighted by atomic mass is 19.4. The summed E-state index contributed by atoms with van der Waals surface area (Å²) in [5.74, 6) is -2.69. The lowest BCUT2D eigenvalue weighted by Gasteiger charge is -2.38. The zero-order chi connectivity index (χ0) is 35.1. The molecule has 10 heteroatoms. The van der Waals surface area contributed by atoms with E-state index in [-0.39, 0.29) is 18.6 Å². The number of alkyl halides is 3. The van der Waals surface area contributed by atoms with Gasteiger partial charge in [0.1, 0.15) is 6.61 Å². The van der Waals surface area contributed by atoms with Crippen molar-refractivity contribution in [2.24, 2.45) is 0 Å². The van der Waals surface area contributed by atoms with Gasteiger partial charge in [-0.25, -0.2) is 4.79 Å². The van der Waals surface area contributed by atoms with E-state index in [0.717, 1.165) is 57.5 Å². The van der Waals surface area contributed by atoms with Crippen LogP contribution in [0.1, 0.15) is 35.1 Å². The first-order chi connectivity index (χ1) is 23.6. The van der Waals surface area contributed by atoms with Gasteiger partial charge in [0.25, 0.3) is 0 Å². The van der Waals surface area contributed by atoms with E-state index in [9.17, 15) is 18.0 Å². The van der Waals surface area contributed by atoms with Gasteiger partial charge in [-0.3, -0.25) is 9.69 Å². The molecule has 0 atom stereocenters. The smallest absolute Gasteiger partial charge is 0.475 e. The summed E-state index contributed by atoms with van der Waals surface area (Å²) in [6.07, 6.45) is -2.10. The highest BCUT2D eigenvalue weighted by Crippen LogP contribution is 2.25. The van der Waals surface area contributed by atoms with Gasteiger partial charge in [-0.15, -0.1) is 0 Å². The molecule has 0 unspecified atom stereocenters. The van der Waals surface area contributed by atoms with Crippen LogP contribution in [0.25, 0.3) is 11.1 Å². The maximum absolute atomic E-state index is 13.2. The quantitative estimate of drug-likeness (QED) is 0.149. The van der Waals surface area contributed by atoms with Crippen LogP contribution >= 0.6 is 0 Å². The molecule has 1 amide bonds. The van der Waals surface area contributed by atoms with E-state index in [2.05, 4.69) is 119 Å². The number of rotatable bonds is 13. The van der Waals surface area contributed by atoms with Crippen molar-refractivity contribution in [3.05, 3.63) is 131 Å². The molecule has 1 aliphatic rings. The van der Waals surface area contributed by atoms with E-state index in [1.165, 1.54) is 27.8 Å². The SMILES string of the molecule is COCC(=O)N(Cc1cccc(-c2ccc(CNCCc3ccccc3)cc2)c1)C1CCN(Cc2ccccc2)CC1.O=C(O)C(F)(F)F. The van der Waals surface area contributed by atoms with Crippen molar-refractivity contribution in [3.8, 4) is 11.1 Å². The second-order valence-electron chi connectivity index (χ2n) is 12.1. The van der Waals surface area contributed by atoms with Gasteiger partial charge in [0.2, 0.25) is 5.91 Å². The third-order valence-electron chi connectivity index (χ3n) is 8.41. The zero-order valence-electron chi connectivity index (χ0n) is 27.7. The molecule has 1 aliphatic heterocycles. The van der Waals surface area contributed by atoms with Gasteiger partial charge >= 0.3 is 12.1 Å². The van der Waals surface area contributed by atoms with Crippen LogP contribution in [0.3, 0.4) is 0 Å². The molecule has 4 aromatic carbocycles. The fourth-order valence-corrected chi connectivity index (χ4v) is 5.83. The van der Waals surface area contributed by atoms with E-state index < -0.39 is 12.1 Å². The highest BCUT2D eigenvalue weighted by Gasteiger charge is 2.38. The second kappa shape index (κ2) is 18.9. The minimum atomic E-state index is -5.08. The maximum atomic E-state index is 13.2. The molecule has 49 heavy (non-hydrogen) atoms. The highest BCUT2D eigenvalue weighted by molar-refractivity contribution is 5.78. The zero-order valence-corrected chi connectivity index (χ0v) is 27.7. The van der Waals surface area contributed by atoms with Crippen molar-refractivity contribution in [2.75, 3.05) is 33.4 Å². The first kappa shape index (κ1) is 37.3. The largest absolute Gasteiger partial charge is 0.490 e. The van der Waals surface area contributed by atoms with Gasteiger partial charge in [0, 0.05) is 45.9 Å². The molecule has 0 bridgehead atoms. The maximum Gasteiger partial charge on any atom is 0.490 e. The number of benzene rings is 4. The number of carboxylic acid groups (broad SMARTS) is 1. The Morgan fingerprint density at radius 3 is 2.00 bits per heavy atom. The van der Waals surface area contributed by atoms with Gasteiger partial charge in [-0.1, -0.05) is 103 Å². The number of carbonyl (C=O) groups is 2. The Labute approximate surface area is 286 Å². The first-order valence-corrected chi connectivity index (χ1v) is 16.4. The summed E-state index contributed by atoms with van der Waals surface area (Å²) in [4.78, 5) is 26.6. The molecule has 5 rings (SSSR count). The number of hydrogen-bond acceptors (Lipinski definition) is 5. The van der Waals surface area contributed by atoms with Crippen LogP contribution in [-0.4, -0.2) is 72.4 Å². The Morgan fingerprint density at radius 1 is 0.816 bits per heavy atom. The molecule has 0 saturated carbocycles. The normalized spacial score (nSPS) is 13.7. The number of halogens is 3. The molecule has 7 nitrogen and oxygen atoms in total.